The van der Waals surface area contributed by atoms with Gasteiger partial charge in [0.15, 0.2) is 0 Å². The molecule has 1 fully saturated rings. The molecule has 2 amide bonds. The van der Waals surface area contributed by atoms with Crippen LogP contribution in [-0.4, -0.2) is 29.0 Å². The molecule has 2 rings (SSSR count). The fourth-order valence-corrected chi connectivity index (χ4v) is 2.39. The van der Waals surface area contributed by atoms with E-state index in [0.29, 0.717) is 23.8 Å². The summed E-state index contributed by atoms with van der Waals surface area (Å²) in [6.45, 7) is 3.26. The van der Waals surface area contributed by atoms with E-state index in [1.807, 2.05) is 6.92 Å². The van der Waals surface area contributed by atoms with Crippen LogP contribution in [0.2, 0.25) is 0 Å². The van der Waals surface area contributed by atoms with Gasteiger partial charge < -0.3 is 16.0 Å². The Kier molecular flexibility index (Phi) is 4.23. The Morgan fingerprint density at radius 3 is 2.40 bits per heavy atom. The predicted molar refractivity (Wildman–Crippen MR) is 81.1 cm³/mol. The third-order valence-electron chi connectivity index (χ3n) is 3.84. The number of halogens is 1. The van der Waals surface area contributed by atoms with Gasteiger partial charge in [-0.05, 0) is 37.1 Å². The fraction of sp³-hybridized carbons (Fsp3) is 0.429. The molecule has 1 aliphatic rings. The Bertz CT molecular complexity index is 510. The zero-order valence-electron chi connectivity index (χ0n) is 11.4. The molecule has 0 atom stereocenters. The van der Waals surface area contributed by atoms with E-state index >= 15 is 0 Å². The highest BCUT2D eigenvalue weighted by Gasteiger charge is 2.34. The molecular weight excluding hydrogens is 277 g/mol. The Morgan fingerprint density at radius 2 is 1.90 bits per heavy atom. The number of hydrogen-bond donors (Lipinski definition) is 2. The molecule has 1 aliphatic heterocycles. The van der Waals surface area contributed by atoms with Crippen LogP contribution in [0.5, 0.6) is 0 Å². The van der Waals surface area contributed by atoms with Crippen LogP contribution in [0.4, 0.5) is 14.9 Å². The van der Waals surface area contributed by atoms with E-state index < -0.39 is 0 Å². The molecule has 3 N–H and O–H groups in total. The minimum absolute atomic E-state index is 0.165. The molecule has 0 spiro atoms. The number of carbonyl (C=O) groups excluding carboxylic acids is 1. The van der Waals surface area contributed by atoms with E-state index in [9.17, 15) is 9.18 Å². The summed E-state index contributed by atoms with van der Waals surface area (Å²) in [7, 11) is 0. The summed E-state index contributed by atoms with van der Waals surface area (Å²) < 4.78 is 12.8. The quantitative estimate of drug-likeness (QED) is 0.825. The second kappa shape index (κ2) is 5.75. The average molecular weight is 295 g/mol. The molecule has 0 radical (unpaired) electrons. The molecule has 0 aliphatic carbocycles. The van der Waals surface area contributed by atoms with Crippen LogP contribution in [0.3, 0.4) is 0 Å². The molecule has 0 unspecified atom stereocenters. The predicted octanol–water partition coefficient (Wildman–Crippen LogP) is 2.75. The Hall–Kier alpha value is -1.69. The van der Waals surface area contributed by atoms with Gasteiger partial charge in [0, 0.05) is 24.2 Å². The van der Waals surface area contributed by atoms with E-state index in [1.54, 1.807) is 4.90 Å². The SMILES string of the molecule is CC1(C(N)=S)CCN(C(=O)Nc2ccc(F)cc2)CC1. The van der Waals surface area contributed by atoms with Gasteiger partial charge in [-0.3, -0.25) is 0 Å². The van der Waals surface area contributed by atoms with Gasteiger partial charge in [0.25, 0.3) is 0 Å². The summed E-state index contributed by atoms with van der Waals surface area (Å²) in [5.41, 5.74) is 6.16. The maximum absolute atomic E-state index is 12.8. The van der Waals surface area contributed by atoms with Gasteiger partial charge in [0.2, 0.25) is 0 Å². The number of carbonyl (C=O) groups is 1. The molecule has 20 heavy (non-hydrogen) atoms. The first-order valence-electron chi connectivity index (χ1n) is 6.52. The van der Waals surface area contributed by atoms with Crippen molar-refractivity contribution in [3.63, 3.8) is 0 Å². The molecule has 0 bridgehead atoms. The number of thiocarbonyl (C=S) groups is 1. The first-order chi connectivity index (χ1) is 9.40. The number of nitrogens with two attached hydrogens (primary N) is 1. The van der Waals surface area contributed by atoms with Gasteiger partial charge >= 0.3 is 6.03 Å². The summed E-state index contributed by atoms with van der Waals surface area (Å²) in [5, 5.41) is 2.75. The number of anilines is 1. The lowest BCUT2D eigenvalue weighted by atomic mass is 9.80. The number of nitrogens with one attached hydrogen (secondary N) is 1. The van der Waals surface area contributed by atoms with E-state index in [1.165, 1.54) is 24.3 Å². The lowest BCUT2D eigenvalue weighted by Gasteiger charge is -2.38. The molecule has 0 aromatic heterocycles. The van der Waals surface area contributed by atoms with E-state index in [4.69, 9.17) is 18.0 Å². The summed E-state index contributed by atoms with van der Waals surface area (Å²) in [6, 6.07) is 5.53. The van der Waals surface area contributed by atoms with E-state index in [2.05, 4.69) is 5.32 Å². The monoisotopic (exact) mass is 295 g/mol. The van der Waals surface area contributed by atoms with Crippen molar-refractivity contribution in [1.82, 2.24) is 4.90 Å². The fourth-order valence-electron chi connectivity index (χ4n) is 2.19. The van der Waals surface area contributed by atoms with Gasteiger partial charge in [-0.1, -0.05) is 19.1 Å². The number of amides is 2. The summed E-state index contributed by atoms with van der Waals surface area (Å²) in [5.74, 6) is -0.326. The number of hydrogen-bond acceptors (Lipinski definition) is 2. The van der Waals surface area contributed by atoms with Crippen LogP contribution in [0.15, 0.2) is 24.3 Å². The summed E-state index contributed by atoms with van der Waals surface area (Å²) in [4.78, 5) is 14.3. The highest BCUT2D eigenvalue weighted by molar-refractivity contribution is 7.80. The van der Waals surface area contributed by atoms with Crippen LogP contribution >= 0.6 is 12.2 Å². The molecule has 1 saturated heterocycles. The second-order valence-corrected chi connectivity index (χ2v) is 5.79. The minimum atomic E-state index is -0.326. The van der Waals surface area contributed by atoms with Crippen LogP contribution in [-0.2, 0) is 0 Å². The number of likely N-dealkylation sites (tertiary alicyclic amines) is 1. The summed E-state index contributed by atoms with van der Waals surface area (Å²) in [6.07, 6.45) is 1.53. The van der Waals surface area contributed by atoms with Gasteiger partial charge in [0.05, 0.1) is 4.99 Å². The highest BCUT2D eigenvalue weighted by Crippen LogP contribution is 2.31. The van der Waals surface area contributed by atoms with Gasteiger partial charge in [-0.2, -0.15) is 0 Å². The zero-order valence-corrected chi connectivity index (χ0v) is 12.2. The van der Waals surface area contributed by atoms with Gasteiger partial charge in [0.1, 0.15) is 5.82 Å². The molecule has 1 heterocycles. The van der Waals surface area contributed by atoms with Gasteiger partial charge in [-0.15, -0.1) is 0 Å². The number of nitrogens with zero attached hydrogens (tertiary/aromatic N) is 1. The van der Waals surface area contributed by atoms with Crippen LogP contribution in [0, 0.1) is 11.2 Å². The molecule has 4 nitrogen and oxygen atoms in total. The largest absolute Gasteiger partial charge is 0.393 e. The normalized spacial score (nSPS) is 17.6. The number of urea groups is 1. The lowest BCUT2D eigenvalue weighted by Crippen LogP contribution is -2.47. The average Bonchev–Trinajstić information content (AvgIpc) is 2.42. The van der Waals surface area contributed by atoms with Crippen LogP contribution < -0.4 is 11.1 Å². The van der Waals surface area contributed by atoms with Crippen molar-refractivity contribution in [3.8, 4) is 0 Å². The van der Waals surface area contributed by atoms with Crippen molar-refractivity contribution in [3.05, 3.63) is 30.1 Å². The van der Waals surface area contributed by atoms with E-state index in [-0.39, 0.29) is 17.3 Å². The third kappa shape index (κ3) is 3.25. The van der Waals surface area contributed by atoms with Crippen molar-refractivity contribution in [2.75, 3.05) is 18.4 Å². The third-order valence-corrected chi connectivity index (χ3v) is 4.34. The maximum Gasteiger partial charge on any atom is 0.321 e. The van der Waals surface area contributed by atoms with Crippen molar-refractivity contribution in [2.24, 2.45) is 11.1 Å². The first kappa shape index (κ1) is 14.7. The number of rotatable bonds is 2. The lowest BCUT2D eigenvalue weighted by molar-refractivity contribution is 0.171. The standard InChI is InChI=1S/C14H18FN3OS/c1-14(12(16)20)6-8-18(9-7-14)13(19)17-11-4-2-10(15)3-5-11/h2-5H,6-9H2,1H3,(H2,16,20)(H,17,19). The molecular formula is C14H18FN3OS. The van der Waals surface area contributed by atoms with E-state index in [0.717, 1.165) is 12.8 Å². The smallest absolute Gasteiger partial charge is 0.321 e. The number of piperidine rings is 1. The topological polar surface area (TPSA) is 58.4 Å². The minimum Gasteiger partial charge on any atom is -0.393 e. The zero-order chi connectivity index (χ0) is 14.8. The van der Waals surface area contributed by atoms with Crippen LogP contribution in [0.25, 0.3) is 0 Å². The maximum atomic E-state index is 12.8. The Balaban J connectivity index is 1.92. The van der Waals surface area contributed by atoms with Crippen molar-refractivity contribution in [1.29, 1.82) is 0 Å². The molecule has 6 heteroatoms. The second-order valence-electron chi connectivity index (χ2n) is 5.35. The Morgan fingerprint density at radius 1 is 1.35 bits per heavy atom. The number of benzene rings is 1. The highest BCUT2D eigenvalue weighted by atomic mass is 32.1. The molecule has 0 saturated carbocycles. The first-order valence-corrected chi connectivity index (χ1v) is 6.93. The van der Waals surface area contributed by atoms with Crippen molar-refractivity contribution >= 4 is 28.9 Å². The van der Waals surface area contributed by atoms with Gasteiger partial charge in [-0.25, -0.2) is 9.18 Å². The van der Waals surface area contributed by atoms with Crippen molar-refractivity contribution in [2.45, 2.75) is 19.8 Å². The van der Waals surface area contributed by atoms with Crippen molar-refractivity contribution < 1.29 is 9.18 Å². The summed E-state index contributed by atoms with van der Waals surface area (Å²) >= 11 is 5.07. The van der Waals surface area contributed by atoms with Crippen LogP contribution in [0.1, 0.15) is 19.8 Å². The molecule has 1 aromatic rings. The Labute approximate surface area is 123 Å². The molecule has 1 aromatic carbocycles. The molecule has 108 valence electrons.